The van der Waals surface area contributed by atoms with Crippen LogP contribution in [0.5, 0.6) is 11.5 Å². The normalized spacial score (nSPS) is 15.5. The zero-order valence-corrected chi connectivity index (χ0v) is 19.8. The molecule has 2 amide bonds. The average Bonchev–Trinajstić information content (AvgIpc) is 3.44. The molecule has 1 fully saturated rings. The van der Waals surface area contributed by atoms with Crippen molar-refractivity contribution in [2.24, 2.45) is 5.92 Å². The van der Waals surface area contributed by atoms with Crippen molar-refractivity contribution >= 4 is 28.3 Å². The number of likely N-dealkylation sites (tertiary alicyclic amines) is 1. The number of methoxy groups -OCH3 is 2. The summed E-state index contributed by atoms with van der Waals surface area (Å²) in [6.07, 6.45) is 0.890. The van der Waals surface area contributed by atoms with E-state index in [1.807, 2.05) is 54.8 Å². The summed E-state index contributed by atoms with van der Waals surface area (Å²) in [5.41, 5.74) is 4.06. The Morgan fingerprint density at radius 1 is 1.15 bits per heavy atom. The van der Waals surface area contributed by atoms with Crippen molar-refractivity contribution in [1.82, 2.24) is 9.88 Å². The number of anilines is 1. The van der Waals surface area contributed by atoms with E-state index in [1.165, 1.54) is 16.9 Å². The summed E-state index contributed by atoms with van der Waals surface area (Å²) in [6, 6.07) is 13.8. The van der Waals surface area contributed by atoms with Crippen molar-refractivity contribution in [2.45, 2.75) is 19.8 Å². The Morgan fingerprint density at radius 2 is 1.91 bits per heavy atom. The first kappa shape index (κ1) is 22.8. The Labute approximate surface area is 197 Å². The number of ether oxygens (including phenoxy) is 2. The van der Waals surface area contributed by atoms with Crippen LogP contribution < -0.4 is 14.8 Å². The molecule has 33 heavy (non-hydrogen) atoms. The van der Waals surface area contributed by atoms with Crippen LogP contribution in [0, 0.1) is 12.8 Å². The van der Waals surface area contributed by atoms with E-state index >= 15 is 0 Å². The molecule has 0 aliphatic carbocycles. The number of thiazole rings is 1. The van der Waals surface area contributed by atoms with Crippen molar-refractivity contribution < 1.29 is 19.1 Å². The maximum Gasteiger partial charge on any atom is 0.231 e. The molecule has 0 radical (unpaired) electrons. The molecule has 1 atom stereocenters. The molecule has 2 aromatic carbocycles. The first-order valence-corrected chi connectivity index (χ1v) is 11.7. The second-order valence-corrected chi connectivity index (χ2v) is 8.93. The second-order valence-electron chi connectivity index (χ2n) is 8.07. The fourth-order valence-corrected chi connectivity index (χ4v) is 4.58. The highest BCUT2D eigenvalue weighted by Gasteiger charge is 2.34. The van der Waals surface area contributed by atoms with Crippen LogP contribution in [0.3, 0.4) is 0 Å². The molecule has 8 heteroatoms. The predicted molar refractivity (Wildman–Crippen MR) is 129 cm³/mol. The third-order valence-electron chi connectivity index (χ3n) is 5.79. The van der Waals surface area contributed by atoms with E-state index in [4.69, 9.17) is 9.47 Å². The number of aromatic nitrogens is 1. The predicted octanol–water partition coefficient (Wildman–Crippen LogP) is 4.17. The molecule has 1 N–H and O–H groups in total. The van der Waals surface area contributed by atoms with E-state index in [-0.39, 0.29) is 24.2 Å². The molecule has 1 aliphatic rings. The number of benzene rings is 2. The number of carbonyl (C=O) groups excluding carboxylic acids is 2. The van der Waals surface area contributed by atoms with Gasteiger partial charge in [0.15, 0.2) is 16.6 Å². The Hall–Kier alpha value is -3.39. The van der Waals surface area contributed by atoms with Gasteiger partial charge in [-0.25, -0.2) is 4.98 Å². The highest BCUT2D eigenvalue weighted by atomic mass is 32.1. The van der Waals surface area contributed by atoms with Crippen LogP contribution >= 0.6 is 11.3 Å². The van der Waals surface area contributed by atoms with Crippen LogP contribution in [0.25, 0.3) is 11.3 Å². The van der Waals surface area contributed by atoms with Gasteiger partial charge in [-0.15, -0.1) is 11.3 Å². The average molecular weight is 466 g/mol. The van der Waals surface area contributed by atoms with Gasteiger partial charge in [-0.2, -0.15) is 0 Å². The van der Waals surface area contributed by atoms with Gasteiger partial charge in [0.05, 0.1) is 25.8 Å². The fourth-order valence-electron chi connectivity index (χ4n) is 3.86. The molecule has 0 saturated carbocycles. The lowest BCUT2D eigenvalue weighted by Crippen LogP contribution is -2.30. The van der Waals surface area contributed by atoms with Gasteiger partial charge >= 0.3 is 0 Å². The Morgan fingerprint density at radius 3 is 2.64 bits per heavy atom. The van der Waals surface area contributed by atoms with Gasteiger partial charge in [0.25, 0.3) is 0 Å². The fraction of sp³-hybridized carbons (Fsp3) is 0.320. The zero-order chi connectivity index (χ0) is 23.4. The first-order valence-electron chi connectivity index (χ1n) is 10.8. The molecule has 1 saturated heterocycles. The van der Waals surface area contributed by atoms with E-state index in [0.29, 0.717) is 36.1 Å². The number of hydrogen-bond donors (Lipinski definition) is 1. The summed E-state index contributed by atoms with van der Waals surface area (Å²) in [6.45, 7) is 3.00. The van der Waals surface area contributed by atoms with Crippen molar-refractivity contribution in [3.05, 3.63) is 59.0 Å². The minimum absolute atomic E-state index is 0.00453. The third-order valence-corrected chi connectivity index (χ3v) is 6.54. The van der Waals surface area contributed by atoms with E-state index in [2.05, 4.69) is 10.3 Å². The number of carbonyl (C=O) groups is 2. The van der Waals surface area contributed by atoms with Gasteiger partial charge in [0, 0.05) is 30.5 Å². The minimum Gasteiger partial charge on any atom is -0.493 e. The van der Waals surface area contributed by atoms with E-state index < -0.39 is 0 Å². The lowest BCUT2D eigenvalue weighted by atomic mass is 10.1. The Bertz CT molecular complexity index is 1140. The van der Waals surface area contributed by atoms with Crippen molar-refractivity contribution in [3.63, 3.8) is 0 Å². The number of nitrogens with zero attached hydrogens (tertiary/aromatic N) is 2. The molecule has 0 spiro atoms. The van der Waals surface area contributed by atoms with Crippen LogP contribution in [-0.2, 0) is 16.0 Å². The zero-order valence-electron chi connectivity index (χ0n) is 19.0. The van der Waals surface area contributed by atoms with E-state index in [9.17, 15) is 9.59 Å². The third kappa shape index (κ3) is 5.34. The van der Waals surface area contributed by atoms with E-state index in [1.54, 1.807) is 19.1 Å². The molecule has 0 bridgehead atoms. The number of hydrogen-bond acceptors (Lipinski definition) is 6. The summed E-state index contributed by atoms with van der Waals surface area (Å²) >= 11 is 1.39. The Balaban J connectivity index is 1.32. The summed E-state index contributed by atoms with van der Waals surface area (Å²) in [5, 5.41) is 5.36. The lowest BCUT2D eigenvalue weighted by molar-refractivity contribution is -0.128. The number of amides is 2. The Kier molecular flexibility index (Phi) is 6.93. The van der Waals surface area contributed by atoms with Crippen LogP contribution in [-0.4, -0.2) is 49.0 Å². The van der Waals surface area contributed by atoms with E-state index in [0.717, 1.165) is 16.8 Å². The number of nitrogens with one attached hydrogen (secondary N) is 1. The molecule has 4 rings (SSSR count). The molecule has 2 heterocycles. The highest BCUT2D eigenvalue weighted by Crippen LogP contribution is 2.29. The van der Waals surface area contributed by atoms with Crippen LogP contribution in [0.2, 0.25) is 0 Å². The minimum atomic E-state index is -0.380. The number of aryl methyl sites for hydroxylation is 1. The molecular weight excluding hydrogens is 438 g/mol. The van der Waals surface area contributed by atoms with Crippen LogP contribution in [0.1, 0.15) is 17.5 Å². The molecule has 1 aliphatic heterocycles. The summed E-state index contributed by atoms with van der Waals surface area (Å²) in [4.78, 5) is 31.5. The molecular formula is C25H27N3O4S. The molecule has 172 valence electrons. The monoisotopic (exact) mass is 465 g/mol. The van der Waals surface area contributed by atoms with Gasteiger partial charge in [-0.1, -0.05) is 35.9 Å². The van der Waals surface area contributed by atoms with Crippen LogP contribution in [0.15, 0.2) is 47.8 Å². The van der Waals surface area contributed by atoms with Crippen molar-refractivity contribution in [2.75, 3.05) is 32.6 Å². The maximum atomic E-state index is 12.8. The quantitative estimate of drug-likeness (QED) is 0.540. The molecule has 7 nitrogen and oxygen atoms in total. The van der Waals surface area contributed by atoms with Crippen molar-refractivity contribution in [1.29, 1.82) is 0 Å². The second kappa shape index (κ2) is 10.0. The molecule has 1 aromatic heterocycles. The molecule has 0 unspecified atom stereocenters. The van der Waals surface area contributed by atoms with Crippen LogP contribution in [0.4, 0.5) is 5.13 Å². The summed E-state index contributed by atoms with van der Waals surface area (Å²) in [7, 11) is 3.20. The van der Waals surface area contributed by atoms with Gasteiger partial charge in [0.2, 0.25) is 11.8 Å². The van der Waals surface area contributed by atoms with Gasteiger partial charge < -0.3 is 19.7 Å². The highest BCUT2D eigenvalue weighted by molar-refractivity contribution is 7.14. The first-order chi connectivity index (χ1) is 16.0. The number of rotatable bonds is 8. The maximum absolute atomic E-state index is 12.8. The van der Waals surface area contributed by atoms with Gasteiger partial charge in [0.1, 0.15) is 0 Å². The largest absolute Gasteiger partial charge is 0.493 e. The summed E-state index contributed by atoms with van der Waals surface area (Å²) in [5.74, 6) is 0.780. The molecule has 3 aromatic rings. The van der Waals surface area contributed by atoms with Crippen molar-refractivity contribution in [3.8, 4) is 22.8 Å². The standard InChI is InChI=1S/C25H27N3O4S/c1-16-4-7-18(8-5-16)20-15-33-25(26-20)27-24(30)19-13-23(29)28(14-19)11-10-17-6-9-21(31-2)22(12-17)32-3/h4-9,12,15,19H,10-11,13-14H2,1-3H3,(H,26,27,30)/t19-/m1/s1. The van der Waals surface area contributed by atoms with Gasteiger partial charge in [-0.05, 0) is 31.0 Å². The van der Waals surface area contributed by atoms with Gasteiger partial charge in [-0.3, -0.25) is 9.59 Å². The smallest absolute Gasteiger partial charge is 0.231 e. The SMILES string of the molecule is COc1ccc(CCN2C[C@H](C(=O)Nc3nc(-c4ccc(C)cc4)cs3)CC2=O)cc1OC. The summed E-state index contributed by atoms with van der Waals surface area (Å²) < 4.78 is 10.6. The lowest BCUT2D eigenvalue weighted by Gasteiger charge is -2.17. The topological polar surface area (TPSA) is 80.8 Å².